The summed E-state index contributed by atoms with van der Waals surface area (Å²) in [6.07, 6.45) is 2.81. The molecule has 0 aromatic heterocycles. The number of aliphatic hydroxyl groups excluding tert-OH is 1. The molecule has 1 saturated carbocycles. The monoisotopic (exact) mass is 506 g/mol. The summed E-state index contributed by atoms with van der Waals surface area (Å²) in [6.45, 7) is 4.25. The Hall–Kier alpha value is -3.38. The van der Waals surface area contributed by atoms with Crippen molar-refractivity contribution in [1.82, 2.24) is 0 Å². The highest BCUT2D eigenvalue weighted by atomic mass is 19.1. The van der Waals surface area contributed by atoms with Gasteiger partial charge in [0, 0.05) is 12.2 Å². The number of hydrogen-bond acceptors (Lipinski definition) is 4. The van der Waals surface area contributed by atoms with Crippen molar-refractivity contribution in [3.05, 3.63) is 83.2 Å². The van der Waals surface area contributed by atoms with Crippen molar-refractivity contribution in [2.24, 2.45) is 11.3 Å². The Balaban J connectivity index is 1.59. The van der Waals surface area contributed by atoms with Gasteiger partial charge in [0.1, 0.15) is 23.9 Å². The number of aliphatic hydroxyl groups is 1. The summed E-state index contributed by atoms with van der Waals surface area (Å²) in [5.74, 6) is 0.571. The van der Waals surface area contributed by atoms with E-state index in [9.17, 15) is 19.4 Å². The molecule has 1 aliphatic rings. The lowest BCUT2D eigenvalue weighted by atomic mass is 9.83. The normalized spacial score (nSPS) is 14.3. The molecular formula is C31H35FO5. The first-order chi connectivity index (χ1) is 17.7. The van der Waals surface area contributed by atoms with Crippen molar-refractivity contribution in [2.45, 2.75) is 52.1 Å². The van der Waals surface area contributed by atoms with E-state index in [0.717, 1.165) is 35.1 Å². The summed E-state index contributed by atoms with van der Waals surface area (Å²) >= 11 is 0. The van der Waals surface area contributed by atoms with Crippen LogP contribution in [-0.2, 0) is 17.8 Å². The molecule has 0 radical (unpaired) electrons. The molecule has 2 N–H and O–H groups in total. The summed E-state index contributed by atoms with van der Waals surface area (Å²) in [5.41, 5.74) is 3.65. The maximum absolute atomic E-state index is 14.8. The van der Waals surface area contributed by atoms with E-state index in [1.807, 2.05) is 56.3 Å². The minimum atomic E-state index is -0.783. The minimum absolute atomic E-state index is 0.000936. The summed E-state index contributed by atoms with van der Waals surface area (Å²) in [6, 6.07) is 18.2. The van der Waals surface area contributed by atoms with Crippen LogP contribution < -0.4 is 9.47 Å². The van der Waals surface area contributed by atoms with E-state index in [2.05, 4.69) is 0 Å². The number of methoxy groups -OCH3 is 1. The van der Waals surface area contributed by atoms with E-state index in [0.29, 0.717) is 36.0 Å². The van der Waals surface area contributed by atoms with Gasteiger partial charge in [-0.05, 0) is 89.1 Å². The van der Waals surface area contributed by atoms with E-state index in [-0.39, 0.29) is 30.2 Å². The van der Waals surface area contributed by atoms with Gasteiger partial charge in [-0.25, -0.2) is 4.39 Å². The molecule has 4 rings (SSSR count). The standard InChI is InChI=1S/C31H35FO5/c1-31(2,19-33)17-23-13-20(7-11-26(23)28-15-24(36-3)10-12-29(28)32)18-37-25-6-4-5-22(14-25)27(16-30(34)35)21-8-9-21/h4-7,10-15,21,27,33H,8-9,16-19H2,1-3H3,(H,34,35). The highest BCUT2D eigenvalue weighted by Gasteiger charge is 2.33. The molecule has 0 saturated heterocycles. The second kappa shape index (κ2) is 11.3. The van der Waals surface area contributed by atoms with Gasteiger partial charge in [0.2, 0.25) is 0 Å². The van der Waals surface area contributed by atoms with Crippen LogP contribution in [0.4, 0.5) is 4.39 Å². The van der Waals surface area contributed by atoms with Crippen LogP contribution in [0, 0.1) is 17.2 Å². The number of ether oxygens (including phenoxy) is 2. The van der Waals surface area contributed by atoms with Crippen LogP contribution in [0.15, 0.2) is 60.7 Å². The van der Waals surface area contributed by atoms with Crippen LogP contribution in [-0.4, -0.2) is 29.9 Å². The molecule has 1 atom stereocenters. The van der Waals surface area contributed by atoms with Crippen molar-refractivity contribution >= 4 is 5.97 Å². The number of halogens is 1. The summed E-state index contributed by atoms with van der Waals surface area (Å²) in [7, 11) is 1.55. The van der Waals surface area contributed by atoms with Gasteiger partial charge >= 0.3 is 5.97 Å². The zero-order valence-electron chi connectivity index (χ0n) is 21.7. The zero-order chi connectivity index (χ0) is 26.6. The van der Waals surface area contributed by atoms with Crippen LogP contribution in [0.1, 0.15) is 55.7 Å². The van der Waals surface area contributed by atoms with Gasteiger partial charge in [-0.2, -0.15) is 0 Å². The fourth-order valence-corrected chi connectivity index (χ4v) is 4.80. The average Bonchev–Trinajstić information content (AvgIpc) is 3.72. The molecule has 0 spiro atoms. The first kappa shape index (κ1) is 26.7. The van der Waals surface area contributed by atoms with Crippen molar-refractivity contribution in [3.8, 4) is 22.6 Å². The van der Waals surface area contributed by atoms with Crippen molar-refractivity contribution in [3.63, 3.8) is 0 Å². The van der Waals surface area contributed by atoms with E-state index >= 15 is 0 Å². The third-order valence-electron chi connectivity index (χ3n) is 7.01. The highest BCUT2D eigenvalue weighted by Crippen LogP contribution is 2.45. The van der Waals surface area contributed by atoms with E-state index < -0.39 is 5.97 Å². The molecule has 0 amide bonds. The first-order valence-electron chi connectivity index (χ1n) is 12.7. The summed E-state index contributed by atoms with van der Waals surface area (Å²) in [4.78, 5) is 11.4. The molecule has 1 unspecified atom stereocenters. The number of rotatable bonds is 12. The van der Waals surface area contributed by atoms with Gasteiger partial charge in [0.25, 0.3) is 0 Å². The number of carboxylic acid groups (broad SMARTS) is 1. The summed E-state index contributed by atoms with van der Waals surface area (Å²) in [5, 5.41) is 19.2. The molecule has 3 aromatic rings. The number of aliphatic carboxylic acids is 1. The van der Waals surface area contributed by atoms with Crippen LogP contribution in [0.25, 0.3) is 11.1 Å². The quantitative estimate of drug-likeness (QED) is 0.289. The van der Waals surface area contributed by atoms with Gasteiger partial charge < -0.3 is 19.7 Å². The van der Waals surface area contributed by atoms with Gasteiger partial charge in [0.05, 0.1) is 13.5 Å². The van der Waals surface area contributed by atoms with Gasteiger partial charge in [-0.1, -0.05) is 44.2 Å². The number of carboxylic acids is 1. The smallest absolute Gasteiger partial charge is 0.303 e. The molecule has 0 heterocycles. The van der Waals surface area contributed by atoms with E-state index in [4.69, 9.17) is 9.47 Å². The Morgan fingerprint density at radius 3 is 2.51 bits per heavy atom. The number of carbonyl (C=O) groups is 1. The van der Waals surface area contributed by atoms with Gasteiger partial charge in [-0.3, -0.25) is 4.79 Å². The van der Waals surface area contributed by atoms with E-state index in [1.54, 1.807) is 19.2 Å². The van der Waals surface area contributed by atoms with Crippen molar-refractivity contribution in [2.75, 3.05) is 13.7 Å². The number of hydrogen-bond donors (Lipinski definition) is 2. The lowest BCUT2D eigenvalue weighted by Gasteiger charge is -2.24. The fraction of sp³-hybridized carbons (Fsp3) is 0.387. The third-order valence-corrected chi connectivity index (χ3v) is 7.01. The zero-order valence-corrected chi connectivity index (χ0v) is 21.7. The van der Waals surface area contributed by atoms with Crippen LogP contribution >= 0.6 is 0 Å². The molecule has 0 aliphatic heterocycles. The predicted molar refractivity (Wildman–Crippen MR) is 141 cm³/mol. The van der Waals surface area contributed by atoms with E-state index in [1.165, 1.54) is 6.07 Å². The Labute approximate surface area is 217 Å². The Morgan fingerprint density at radius 1 is 1.05 bits per heavy atom. The van der Waals surface area contributed by atoms with Crippen LogP contribution in [0.5, 0.6) is 11.5 Å². The SMILES string of the molecule is COc1ccc(F)c(-c2ccc(COc3cccc(C(CC(=O)O)C4CC4)c3)cc2CC(C)(C)CO)c1. The topological polar surface area (TPSA) is 76.0 Å². The largest absolute Gasteiger partial charge is 0.497 e. The average molecular weight is 507 g/mol. The molecule has 196 valence electrons. The molecule has 1 fully saturated rings. The second-order valence-electron chi connectivity index (χ2n) is 10.7. The molecule has 5 nitrogen and oxygen atoms in total. The second-order valence-corrected chi connectivity index (χ2v) is 10.7. The molecule has 37 heavy (non-hydrogen) atoms. The third kappa shape index (κ3) is 6.89. The van der Waals surface area contributed by atoms with Gasteiger partial charge in [-0.15, -0.1) is 0 Å². The highest BCUT2D eigenvalue weighted by molar-refractivity contribution is 5.70. The maximum Gasteiger partial charge on any atom is 0.303 e. The van der Waals surface area contributed by atoms with Crippen LogP contribution in [0.2, 0.25) is 0 Å². The van der Waals surface area contributed by atoms with Crippen LogP contribution in [0.3, 0.4) is 0 Å². The summed E-state index contributed by atoms with van der Waals surface area (Å²) < 4.78 is 26.3. The van der Waals surface area contributed by atoms with Gasteiger partial charge in [0.15, 0.2) is 0 Å². The predicted octanol–water partition coefficient (Wildman–Crippen LogP) is 6.61. The molecule has 0 bridgehead atoms. The first-order valence-corrected chi connectivity index (χ1v) is 12.7. The lowest BCUT2D eigenvalue weighted by Crippen LogP contribution is -2.20. The Morgan fingerprint density at radius 2 is 1.84 bits per heavy atom. The van der Waals surface area contributed by atoms with Crippen molar-refractivity contribution < 1.29 is 28.9 Å². The number of benzene rings is 3. The fourth-order valence-electron chi connectivity index (χ4n) is 4.80. The van der Waals surface area contributed by atoms with Crippen molar-refractivity contribution in [1.29, 1.82) is 0 Å². The Bertz CT molecular complexity index is 1250. The Kier molecular flexibility index (Phi) is 8.18. The molecule has 3 aromatic carbocycles. The maximum atomic E-state index is 14.8. The molecular weight excluding hydrogens is 471 g/mol. The minimum Gasteiger partial charge on any atom is -0.497 e. The molecule has 6 heteroatoms. The lowest BCUT2D eigenvalue weighted by molar-refractivity contribution is -0.137. The molecule has 1 aliphatic carbocycles.